The highest BCUT2D eigenvalue weighted by Crippen LogP contribution is 2.22. The van der Waals surface area contributed by atoms with Crippen LogP contribution in [0.2, 0.25) is 0 Å². The van der Waals surface area contributed by atoms with E-state index in [1.165, 1.54) is 18.3 Å². The summed E-state index contributed by atoms with van der Waals surface area (Å²) in [5, 5.41) is 12.9. The van der Waals surface area contributed by atoms with Crippen LogP contribution in [-0.2, 0) is 0 Å². The number of hydrogen-bond donors (Lipinski definition) is 1. The van der Waals surface area contributed by atoms with Crippen LogP contribution in [0.4, 0.5) is 15.8 Å². The van der Waals surface area contributed by atoms with Gasteiger partial charge in [0.15, 0.2) is 0 Å². The first-order valence-electron chi connectivity index (χ1n) is 5.35. The third-order valence-corrected chi connectivity index (χ3v) is 3.04. The van der Waals surface area contributed by atoms with Crippen molar-refractivity contribution in [2.45, 2.75) is 0 Å². The average Bonchev–Trinajstić information content (AvgIpc) is 2.38. The van der Waals surface area contributed by atoms with Crippen LogP contribution in [0, 0.1) is 15.9 Å². The van der Waals surface area contributed by atoms with Crippen molar-refractivity contribution in [1.29, 1.82) is 0 Å². The van der Waals surface area contributed by atoms with Crippen LogP contribution < -0.4 is 5.32 Å². The topological polar surface area (TPSA) is 85.1 Å². The van der Waals surface area contributed by atoms with Crippen molar-refractivity contribution in [3.8, 4) is 0 Å². The lowest BCUT2D eigenvalue weighted by molar-refractivity contribution is -0.387. The zero-order chi connectivity index (χ0) is 14.7. The summed E-state index contributed by atoms with van der Waals surface area (Å²) in [5.74, 6) is -1.52. The monoisotopic (exact) mass is 339 g/mol. The molecule has 0 fully saturated rings. The molecule has 2 rings (SSSR count). The number of pyridine rings is 1. The van der Waals surface area contributed by atoms with Crippen molar-refractivity contribution in [2.24, 2.45) is 0 Å². The summed E-state index contributed by atoms with van der Waals surface area (Å²) in [6.45, 7) is 0. The fourth-order valence-corrected chi connectivity index (χ4v) is 1.92. The van der Waals surface area contributed by atoms with Gasteiger partial charge in [0.1, 0.15) is 4.60 Å². The third kappa shape index (κ3) is 2.97. The SMILES string of the molecule is O=C(Nc1ccc([N+](=O)[O-])c(F)c1)c1cccnc1Br. The molecule has 0 aliphatic carbocycles. The van der Waals surface area contributed by atoms with Crippen LogP contribution in [0.5, 0.6) is 0 Å². The number of nitro groups is 1. The predicted molar refractivity (Wildman–Crippen MR) is 72.9 cm³/mol. The fraction of sp³-hybridized carbons (Fsp3) is 0. The van der Waals surface area contributed by atoms with E-state index in [1.54, 1.807) is 6.07 Å². The number of anilines is 1. The molecule has 0 aliphatic rings. The minimum Gasteiger partial charge on any atom is -0.322 e. The lowest BCUT2D eigenvalue weighted by atomic mass is 10.2. The van der Waals surface area contributed by atoms with Gasteiger partial charge in [-0.25, -0.2) is 4.98 Å². The summed E-state index contributed by atoms with van der Waals surface area (Å²) < 4.78 is 13.8. The molecule has 0 saturated carbocycles. The highest BCUT2D eigenvalue weighted by molar-refractivity contribution is 9.10. The van der Waals surface area contributed by atoms with Crippen molar-refractivity contribution >= 4 is 33.2 Å². The molecular formula is C12H7BrFN3O3. The molecule has 8 heteroatoms. The first-order valence-corrected chi connectivity index (χ1v) is 6.14. The molecule has 0 bridgehead atoms. The summed E-state index contributed by atoms with van der Waals surface area (Å²) in [6.07, 6.45) is 1.51. The van der Waals surface area contributed by atoms with Crippen LogP contribution in [-0.4, -0.2) is 15.8 Å². The van der Waals surface area contributed by atoms with Gasteiger partial charge in [0.25, 0.3) is 5.91 Å². The number of halogens is 2. The van der Waals surface area contributed by atoms with Crippen LogP contribution in [0.3, 0.4) is 0 Å². The van der Waals surface area contributed by atoms with Crippen molar-refractivity contribution in [3.05, 3.63) is 62.6 Å². The van der Waals surface area contributed by atoms with E-state index in [0.717, 1.165) is 12.1 Å². The molecule has 2 aromatic rings. The highest BCUT2D eigenvalue weighted by Gasteiger charge is 2.16. The number of nitrogens with zero attached hydrogens (tertiary/aromatic N) is 2. The Morgan fingerprint density at radius 3 is 2.75 bits per heavy atom. The highest BCUT2D eigenvalue weighted by atomic mass is 79.9. The Labute approximate surface area is 120 Å². The van der Waals surface area contributed by atoms with E-state index in [9.17, 15) is 19.3 Å². The van der Waals surface area contributed by atoms with Crippen LogP contribution in [0.1, 0.15) is 10.4 Å². The quantitative estimate of drug-likeness (QED) is 0.528. The van der Waals surface area contributed by atoms with Crippen molar-refractivity contribution in [1.82, 2.24) is 4.98 Å². The Bertz CT molecular complexity index is 693. The summed E-state index contributed by atoms with van der Waals surface area (Å²) >= 11 is 3.12. The lowest BCUT2D eigenvalue weighted by Gasteiger charge is -2.06. The molecule has 1 N–H and O–H groups in total. The van der Waals surface area contributed by atoms with Gasteiger partial charge < -0.3 is 5.32 Å². The van der Waals surface area contributed by atoms with E-state index >= 15 is 0 Å². The van der Waals surface area contributed by atoms with E-state index in [2.05, 4.69) is 26.2 Å². The van der Waals surface area contributed by atoms with Crippen molar-refractivity contribution in [3.63, 3.8) is 0 Å². The Morgan fingerprint density at radius 1 is 1.40 bits per heavy atom. The largest absolute Gasteiger partial charge is 0.322 e. The average molecular weight is 340 g/mol. The van der Waals surface area contributed by atoms with Gasteiger partial charge in [0, 0.05) is 24.0 Å². The second-order valence-corrected chi connectivity index (χ2v) is 4.47. The maximum atomic E-state index is 13.4. The van der Waals surface area contributed by atoms with E-state index < -0.39 is 22.3 Å². The molecule has 6 nitrogen and oxygen atoms in total. The number of carbonyl (C=O) groups is 1. The summed E-state index contributed by atoms with van der Waals surface area (Å²) in [4.78, 5) is 25.5. The molecular weight excluding hydrogens is 333 g/mol. The number of nitro benzene ring substituents is 1. The second-order valence-electron chi connectivity index (χ2n) is 3.72. The Kier molecular flexibility index (Phi) is 4.04. The molecule has 20 heavy (non-hydrogen) atoms. The van der Waals surface area contributed by atoms with E-state index in [1.807, 2.05) is 0 Å². The maximum absolute atomic E-state index is 13.4. The first kappa shape index (κ1) is 14.1. The molecule has 1 aromatic heterocycles. The molecule has 0 saturated heterocycles. The Morgan fingerprint density at radius 2 is 2.15 bits per heavy atom. The number of nitrogens with one attached hydrogen (secondary N) is 1. The standard InChI is InChI=1S/C12H7BrFN3O3/c13-11-8(2-1-5-15-11)12(18)16-7-3-4-10(17(19)20)9(14)6-7/h1-6H,(H,16,18). The Hall–Kier alpha value is -2.35. The molecule has 0 unspecified atom stereocenters. The smallest absolute Gasteiger partial charge is 0.304 e. The normalized spacial score (nSPS) is 10.1. The molecule has 0 atom stereocenters. The fourth-order valence-electron chi connectivity index (χ4n) is 1.49. The van der Waals surface area contributed by atoms with Crippen LogP contribution in [0.15, 0.2) is 41.1 Å². The number of aromatic nitrogens is 1. The molecule has 0 aliphatic heterocycles. The predicted octanol–water partition coefficient (Wildman–Crippen LogP) is 3.14. The lowest BCUT2D eigenvalue weighted by Crippen LogP contribution is -2.13. The van der Waals surface area contributed by atoms with E-state index in [4.69, 9.17) is 0 Å². The molecule has 0 radical (unpaired) electrons. The zero-order valence-corrected chi connectivity index (χ0v) is 11.4. The van der Waals surface area contributed by atoms with Gasteiger partial charge in [-0.3, -0.25) is 14.9 Å². The number of benzene rings is 1. The molecule has 1 aromatic carbocycles. The summed E-state index contributed by atoms with van der Waals surface area (Å²) in [6, 6.07) is 6.25. The molecule has 1 amide bonds. The number of hydrogen-bond acceptors (Lipinski definition) is 4. The first-order chi connectivity index (χ1) is 9.49. The molecule has 102 valence electrons. The number of rotatable bonds is 3. The van der Waals surface area contributed by atoms with Crippen molar-refractivity contribution < 1.29 is 14.1 Å². The van der Waals surface area contributed by atoms with Crippen LogP contribution >= 0.6 is 15.9 Å². The van der Waals surface area contributed by atoms with Crippen LogP contribution in [0.25, 0.3) is 0 Å². The van der Waals surface area contributed by atoms with Gasteiger partial charge in [-0.1, -0.05) is 0 Å². The maximum Gasteiger partial charge on any atom is 0.304 e. The van der Waals surface area contributed by atoms with Gasteiger partial charge in [-0.2, -0.15) is 4.39 Å². The van der Waals surface area contributed by atoms with Crippen molar-refractivity contribution in [2.75, 3.05) is 5.32 Å². The van der Waals surface area contributed by atoms with Gasteiger partial charge in [-0.05, 0) is 34.1 Å². The van der Waals surface area contributed by atoms with Gasteiger partial charge in [-0.15, -0.1) is 0 Å². The Balaban J connectivity index is 2.23. The molecule has 0 spiro atoms. The van der Waals surface area contributed by atoms with Gasteiger partial charge in [0.2, 0.25) is 5.82 Å². The summed E-state index contributed by atoms with van der Waals surface area (Å²) in [5.41, 5.74) is -0.259. The molecule has 1 heterocycles. The number of carbonyl (C=O) groups excluding carboxylic acids is 1. The third-order valence-electron chi connectivity index (χ3n) is 2.41. The summed E-state index contributed by atoms with van der Waals surface area (Å²) in [7, 11) is 0. The second kappa shape index (κ2) is 5.74. The minimum absolute atomic E-state index is 0.119. The van der Waals surface area contributed by atoms with E-state index in [-0.39, 0.29) is 11.3 Å². The zero-order valence-electron chi connectivity index (χ0n) is 9.84. The number of amides is 1. The van der Waals surface area contributed by atoms with Gasteiger partial charge in [0.05, 0.1) is 10.5 Å². The van der Waals surface area contributed by atoms with Gasteiger partial charge >= 0.3 is 5.69 Å². The minimum atomic E-state index is -1.02. The van der Waals surface area contributed by atoms with E-state index in [0.29, 0.717) is 4.60 Å².